The van der Waals surface area contributed by atoms with Gasteiger partial charge in [-0.25, -0.2) is 0 Å². The molecule has 13 heavy (non-hydrogen) atoms. The molecule has 0 fully saturated rings. The number of nitrogens with zero attached hydrogens (tertiary/aromatic N) is 2. The normalized spacial score (nSPS) is 11.7. The SMILES string of the molecule is O=c1[nH]c(=O)c2c3nncc-3cc1-2. The van der Waals surface area contributed by atoms with Gasteiger partial charge in [0.05, 0.1) is 17.3 Å². The van der Waals surface area contributed by atoms with E-state index < -0.39 is 0 Å². The van der Waals surface area contributed by atoms with Gasteiger partial charge in [-0.15, -0.1) is 5.10 Å². The topological polar surface area (TPSA) is 75.7 Å². The van der Waals surface area contributed by atoms with Crippen molar-refractivity contribution in [3.63, 3.8) is 0 Å². The Morgan fingerprint density at radius 3 is 2.92 bits per heavy atom. The Kier molecular flexibility index (Phi) is 0.906. The standard InChI is InChI=1S/C8H3N3O2/c12-7-4-1-3-2-9-11-6(3)5(4)8(13)10-7/h1-2H,(H,10,12,13). The molecule has 0 saturated heterocycles. The molecule has 1 aliphatic carbocycles. The highest BCUT2D eigenvalue weighted by Gasteiger charge is 2.25. The van der Waals surface area contributed by atoms with E-state index in [9.17, 15) is 9.59 Å². The number of aromatic amines is 1. The highest BCUT2D eigenvalue weighted by atomic mass is 16.2. The first-order valence-electron chi connectivity index (χ1n) is 3.71. The Morgan fingerprint density at radius 1 is 1.23 bits per heavy atom. The molecule has 0 unspecified atom stereocenters. The molecule has 0 aromatic heterocycles. The molecule has 0 aromatic carbocycles. The van der Waals surface area contributed by atoms with E-state index in [0.717, 1.165) is 5.56 Å². The molecule has 0 aromatic rings. The lowest BCUT2D eigenvalue weighted by Gasteiger charge is -1.81. The number of hydrogen-bond donors (Lipinski definition) is 1. The number of fused-ring (bicyclic) bond motifs is 3. The highest BCUT2D eigenvalue weighted by molar-refractivity contribution is 5.87. The molecule has 5 heteroatoms. The van der Waals surface area contributed by atoms with E-state index in [0.29, 0.717) is 16.8 Å². The van der Waals surface area contributed by atoms with Crippen molar-refractivity contribution in [1.29, 1.82) is 0 Å². The van der Waals surface area contributed by atoms with Crippen molar-refractivity contribution in [1.82, 2.24) is 15.2 Å². The van der Waals surface area contributed by atoms with Gasteiger partial charge in [-0.3, -0.25) is 14.6 Å². The maximum atomic E-state index is 11.2. The van der Waals surface area contributed by atoms with Crippen LogP contribution in [0.3, 0.4) is 0 Å². The second-order valence-electron chi connectivity index (χ2n) is 2.86. The third-order valence-corrected chi connectivity index (χ3v) is 2.13. The maximum absolute atomic E-state index is 11.2. The molecule has 62 valence electrons. The molecule has 5 nitrogen and oxygen atoms in total. The molecule has 0 atom stereocenters. The highest BCUT2D eigenvalue weighted by Crippen LogP contribution is 2.32. The van der Waals surface area contributed by atoms with E-state index in [4.69, 9.17) is 0 Å². The van der Waals surface area contributed by atoms with Crippen LogP contribution in [0.1, 0.15) is 0 Å². The Hall–Kier alpha value is -2.04. The number of aromatic nitrogens is 3. The van der Waals surface area contributed by atoms with Gasteiger partial charge in [-0.2, -0.15) is 5.10 Å². The predicted octanol–water partition coefficient (Wildman–Crippen LogP) is -0.390. The van der Waals surface area contributed by atoms with Gasteiger partial charge in [0, 0.05) is 5.56 Å². The van der Waals surface area contributed by atoms with Crippen LogP contribution in [0.5, 0.6) is 0 Å². The first-order chi connectivity index (χ1) is 6.27. The summed E-state index contributed by atoms with van der Waals surface area (Å²) in [6.45, 7) is 0. The Balaban J connectivity index is 2.65. The molecule has 0 saturated carbocycles. The van der Waals surface area contributed by atoms with Gasteiger partial charge in [0.2, 0.25) is 0 Å². The van der Waals surface area contributed by atoms with Crippen molar-refractivity contribution in [2.75, 3.05) is 0 Å². The van der Waals surface area contributed by atoms with Crippen LogP contribution in [0.25, 0.3) is 22.4 Å². The minimum atomic E-state index is -0.379. The van der Waals surface area contributed by atoms with Crippen molar-refractivity contribution in [2.45, 2.75) is 0 Å². The summed E-state index contributed by atoms with van der Waals surface area (Å²) in [5.74, 6) is 0. The smallest absolute Gasteiger partial charge is 0.261 e. The molecule has 0 radical (unpaired) electrons. The largest absolute Gasteiger partial charge is 0.288 e. The molecule has 3 aliphatic rings. The van der Waals surface area contributed by atoms with E-state index in [1.165, 1.54) is 6.20 Å². The zero-order chi connectivity index (χ0) is 9.00. The molecular formula is C8H3N3O2. The van der Waals surface area contributed by atoms with Gasteiger partial charge < -0.3 is 0 Å². The van der Waals surface area contributed by atoms with Crippen LogP contribution in [0.4, 0.5) is 0 Å². The van der Waals surface area contributed by atoms with E-state index in [1.54, 1.807) is 6.07 Å². The number of H-pyrrole nitrogens is 1. The van der Waals surface area contributed by atoms with Crippen LogP contribution < -0.4 is 11.1 Å². The fourth-order valence-corrected chi connectivity index (χ4v) is 1.56. The summed E-state index contributed by atoms with van der Waals surface area (Å²) in [6, 6.07) is 1.63. The monoisotopic (exact) mass is 173 g/mol. The summed E-state index contributed by atoms with van der Waals surface area (Å²) < 4.78 is 0. The van der Waals surface area contributed by atoms with Gasteiger partial charge >= 0.3 is 0 Å². The summed E-state index contributed by atoms with van der Waals surface area (Å²) in [7, 11) is 0. The van der Waals surface area contributed by atoms with E-state index >= 15 is 0 Å². The number of hydrogen-bond acceptors (Lipinski definition) is 4. The molecule has 0 bridgehead atoms. The summed E-state index contributed by atoms with van der Waals surface area (Å²) in [4.78, 5) is 24.6. The van der Waals surface area contributed by atoms with Crippen molar-refractivity contribution in [3.05, 3.63) is 33.0 Å². The fourth-order valence-electron chi connectivity index (χ4n) is 1.56. The van der Waals surface area contributed by atoms with Crippen molar-refractivity contribution < 1.29 is 0 Å². The summed E-state index contributed by atoms with van der Waals surface area (Å²) in [5, 5.41) is 7.43. The van der Waals surface area contributed by atoms with E-state index in [1.807, 2.05) is 0 Å². The van der Waals surface area contributed by atoms with E-state index in [-0.39, 0.29) is 11.1 Å². The molecule has 0 spiro atoms. The zero-order valence-corrected chi connectivity index (χ0v) is 6.37. The van der Waals surface area contributed by atoms with Gasteiger partial charge in [0.1, 0.15) is 5.69 Å². The van der Waals surface area contributed by atoms with Crippen LogP contribution in [0, 0.1) is 0 Å². The Labute approximate surface area is 71.4 Å². The summed E-state index contributed by atoms with van der Waals surface area (Å²) >= 11 is 0. The van der Waals surface area contributed by atoms with Gasteiger partial charge in [0.25, 0.3) is 11.1 Å². The maximum Gasteiger partial charge on any atom is 0.261 e. The van der Waals surface area contributed by atoms with Gasteiger partial charge in [-0.1, -0.05) is 0 Å². The average molecular weight is 173 g/mol. The summed E-state index contributed by atoms with van der Waals surface area (Å²) in [5.41, 5.74) is 1.29. The van der Waals surface area contributed by atoms with Crippen LogP contribution >= 0.6 is 0 Å². The first kappa shape index (κ1) is 6.47. The van der Waals surface area contributed by atoms with Crippen LogP contribution in [-0.2, 0) is 0 Å². The van der Waals surface area contributed by atoms with Crippen molar-refractivity contribution in [2.24, 2.45) is 0 Å². The van der Waals surface area contributed by atoms with Crippen molar-refractivity contribution in [3.8, 4) is 22.4 Å². The van der Waals surface area contributed by atoms with Crippen LogP contribution in [0.15, 0.2) is 21.9 Å². The summed E-state index contributed by atoms with van der Waals surface area (Å²) in [6.07, 6.45) is 1.54. The second-order valence-corrected chi connectivity index (χ2v) is 2.86. The Morgan fingerprint density at radius 2 is 2.08 bits per heavy atom. The predicted molar refractivity (Wildman–Crippen MR) is 44.5 cm³/mol. The molecule has 2 aliphatic heterocycles. The quantitative estimate of drug-likeness (QED) is 0.502. The molecular weight excluding hydrogens is 170 g/mol. The lowest BCUT2D eigenvalue weighted by Crippen LogP contribution is -2.05. The third kappa shape index (κ3) is 0.618. The van der Waals surface area contributed by atoms with Crippen LogP contribution in [0.2, 0.25) is 0 Å². The minimum Gasteiger partial charge on any atom is -0.288 e. The average Bonchev–Trinajstić information content (AvgIpc) is 2.63. The molecule has 1 N–H and O–H groups in total. The number of nitrogens with one attached hydrogen (secondary N) is 1. The lowest BCUT2D eigenvalue weighted by molar-refractivity contribution is 1.10. The van der Waals surface area contributed by atoms with Crippen molar-refractivity contribution >= 4 is 0 Å². The molecule has 2 heterocycles. The van der Waals surface area contributed by atoms with Crippen LogP contribution in [-0.4, -0.2) is 15.2 Å². The van der Waals surface area contributed by atoms with E-state index in [2.05, 4.69) is 15.2 Å². The van der Waals surface area contributed by atoms with Gasteiger partial charge in [-0.05, 0) is 6.07 Å². The molecule has 3 rings (SSSR count). The Bertz CT molecular complexity index is 602. The second kappa shape index (κ2) is 1.82. The first-order valence-corrected chi connectivity index (χ1v) is 3.71. The molecule has 0 amide bonds. The lowest BCUT2D eigenvalue weighted by atomic mass is 10.2. The number of rotatable bonds is 0. The van der Waals surface area contributed by atoms with Gasteiger partial charge in [0.15, 0.2) is 0 Å². The zero-order valence-electron chi connectivity index (χ0n) is 6.37. The fraction of sp³-hybridized carbons (Fsp3) is 0. The third-order valence-electron chi connectivity index (χ3n) is 2.13. The minimum absolute atomic E-state index is 0.349.